The van der Waals surface area contributed by atoms with Gasteiger partial charge in [0.25, 0.3) is 5.91 Å². The van der Waals surface area contributed by atoms with Gasteiger partial charge in [-0.3, -0.25) is 14.5 Å². The maximum absolute atomic E-state index is 13.5. The fraction of sp³-hybridized carbons (Fsp3) is 0.286. The molecule has 0 spiro atoms. The summed E-state index contributed by atoms with van der Waals surface area (Å²) in [5.41, 5.74) is 1.89. The van der Waals surface area contributed by atoms with Crippen LogP contribution in [0.1, 0.15) is 24.0 Å². The van der Waals surface area contributed by atoms with Gasteiger partial charge < -0.3 is 10.6 Å². The summed E-state index contributed by atoms with van der Waals surface area (Å²) in [4.78, 5) is 37.8. The molecular formula is C21H22FN3O3. The summed E-state index contributed by atoms with van der Waals surface area (Å²) in [7, 11) is 0. The van der Waals surface area contributed by atoms with Crippen LogP contribution in [0.25, 0.3) is 0 Å². The molecule has 28 heavy (non-hydrogen) atoms. The van der Waals surface area contributed by atoms with Crippen LogP contribution < -0.4 is 10.6 Å². The van der Waals surface area contributed by atoms with E-state index in [1.54, 1.807) is 19.1 Å². The number of amides is 4. The Labute approximate surface area is 162 Å². The highest BCUT2D eigenvalue weighted by molar-refractivity contribution is 6.04. The molecule has 7 heteroatoms. The quantitative estimate of drug-likeness (QED) is 0.722. The Bertz CT molecular complexity index is 886. The number of anilines is 1. The van der Waals surface area contributed by atoms with Crippen molar-refractivity contribution in [1.82, 2.24) is 10.2 Å². The summed E-state index contributed by atoms with van der Waals surface area (Å²) < 4.78 is 13.5. The van der Waals surface area contributed by atoms with Crippen molar-refractivity contribution in [2.45, 2.75) is 32.2 Å². The minimum absolute atomic E-state index is 0.0404. The van der Waals surface area contributed by atoms with Crippen molar-refractivity contribution in [2.75, 3.05) is 11.9 Å². The third-order valence-electron chi connectivity index (χ3n) is 4.69. The maximum Gasteiger partial charge on any atom is 0.324 e. The number of hydrogen-bond donors (Lipinski definition) is 2. The van der Waals surface area contributed by atoms with Gasteiger partial charge in [-0.15, -0.1) is 0 Å². The first-order valence-corrected chi connectivity index (χ1v) is 9.16. The van der Waals surface area contributed by atoms with E-state index in [0.29, 0.717) is 24.2 Å². The Balaban J connectivity index is 1.49. The second kappa shape index (κ2) is 8.65. The van der Waals surface area contributed by atoms with E-state index in [9.17, 15) is 18.8 Å². The molecule has 4 amide bonds. The first-order valence-electron chi connectivity index (χ1n) is 9.16. The van der Waals surface area contributed by atoms with E-state index in [1.807, 2.05) is 30.3 Å². The molecule has 2 aromatic carbocycles. The molecule has 0 saturated carbocycles. The number of rotatable bonds is 7. The number of halogens is 1. The molecule has 146 valence electrons. The number of hydrogen-bond acceptors (Lipinski definition) is 3. The van der Waals surface area contributed by atoms with Gasteiger partial charge in [0.2, 0.25) is 5.91 Å². The lowest BCUT2D eigenvalue weighted by molar-refractivity contribution is -0.127. The van der Waals surface area contributed by atoms with E-state index in [0.717, 1.165) is 5.56 Å². The summed E-state index contributed by atoms with van der Waals surface area (Å²) in [6, 6.07) is 12.9. The number of aryl methyl sites for hydroxylation is 1. The zero-order valence-corrected chi connectivity index (χ0v) is 15.6. The van der Waals surface area contributed by atoms with Gasteiger partial charge in [0, 0.05) is 18.7 Å². The zero-order chi connectivity index (χ0) is 20.1. The molecule has 1 heterocycles. The van der Waals surface area contributed by atoms with Gasteiger partial charge in [0.05, 0.1) is 0 Å². The van der Waals surface area contributed by atoms with Crippen LogP contribution in [0, 0.1) is 12.7 Å². The smallest absolute Gasteiger partial charge is 0.324 e. The van der Waals surface area contributed by atoms with Crippen LogP contribution in [0.2, 0.25) is 0 Å². The maximum atomic E-state index is 13.5. The van der Waals surface area contributed by atoms with Crippen molar-refractivity contribution in [1.29, 1.82) is 0 Å². The molecule has 1 aliphatic heterocycles. The van der Waals surface area contributed by atoms with Crippen LogP contribution in [0.15, 0.2) is 48.5 Å². The summed E-state index contributed by atoms with van der Waals surface area (Å²) >= 11 is 0. The number of urea groups is 1. The minimum atomic E-state index is -0.719. The molecule has 3 rings (SSSR count). The largest absolute Gasteiger partial charge is 0.326 e. The molecule has 2 N–H and O–H groups in total. The summed E-state index contributed by atoms with van der Waals surface area (Å²) in [6.07, 6.45) is 0.803. The summed E-state index contributed by atoms with van der Waals surface area (Å²) in [5.74, 6) is -1.06. The van der Waals surface area contributed by atoms with Crippen molar-refractivity contribution in [3.63, 3.8) is 0 Å². The molecule has 1 aliphatic rings. The van der Waals surface area contributed by atoms with Crippen molar-refractivity contribution < 1.29 is 18.8 Å². The number of benzene rings is 2. The van der Waals surface area contributed by atoms with E-state index >= 15 is 0 Å². The Kier molecular flexibility index (Phi) is 6.03. The van der Waals surface area contributed by atoms with Crippen molar-refractivity contribution in [3.05, 3.63) is 65.5 Å². The van der Waals surface area contributed by atoms with E-state index in [4.69, 9.17) is 0 Å². The highest BCUT2D eigenvalue weighted by Crippen LogP contribution is 2.16. The molecule has 1 fully saturated rings. The molecule has 1 saturated heterocycles. The third-order valence-corrected chi connectivity index (χ3v) is 4.69. The molecule has 1 atom stereocenters. The molecule has 1 unspecified atom stereocenters. The molecule has 0 bridgehead atoms. The van der Waals surface area contributed by atoms with E-state index in [1.165, 1.54) is 11.0 Å². The average molecular weight is 383 g/mol. The van der Waals surface area contributed by atoms with Crippen molar-refractivity contribution in [3.8, 4) is 0 Å². The van der Waals surface area contributed by atoms with Gasteiger partial charge in [-0.2, -0.15) is 0 Å². The predicted molar refractivity (Wildman–Crippen MR) is 103 cm³/mol. The highest BCUT2D eigenvalue weighted by Gasteiger charge is 2.37. The number of carbonyl (C=O) groups is 3. The number of carbonyl (C=O) groups excluding carboxylic acids is 3. The van der Waals surface area contributed by atoms with Gasteiger partial charge in [-0.25, -0.2) is 9.18 Å². The topological polar surface area (TPSA) is 78.5 Å². The lowest BCUT2D eigenvalue weighted by Crippen LogP contribution is -2.33. The molecule has 0 radical (unpaired) electrons. The van der Waals surface area contributed by atoms with Gasteiger partial charge in [0.1, 0.15) is 11.9 Å². The standard InChI is InChI=1S/C21H22FN3O3/c1-14-7-8-16(13-17(14)22)23-19(26)10-9-18-20(27)25(21(28)24-18)12-11-15-5-3-2-4-6-15/h2-8,13,18H,9-12H2,1H3,(H,23,26)(H,24,28). The monoisotopic (exact) mass is 383 g/mol. The first-order chi connectivity index (χ1) is 13.4. The highest BCUT2D eigenvalue weighted by atomic mass is 19.1. The second-order valence-electron chi connectivity index (χ2n) is 6.78. The normalized spacial score (nSPS) is 16.2. The van der Waals surface area contributed by atoms with Gasteiger partial charge in [-0.05, 0) is 43.0 Å². The number of nitrogens with zero attached hydrogens (tertiary/aromatic N) is 1. The number of nitrogens with one attached hydrogen (secondary N) is 2. The van der Waals surface area contributed by atoms with Gasteiger partial charge >= 0.3 is 6.03 Å². The molecular weight excluding hydrogens is 361 g/mol. The van der Waals surface area contributed by atoms with Gasteiger partial charge in [-0.1, -0.05) is 36.4 Å². The lowest BCUT2D eigenvalue weighted by Gasteiger charge is -2.13. The Hall–Kier alpha value is -3.22. The Morgan fingerprint density at radius 1 is 1.18 bits per heavy atom. The van der Waals surface area contributed by atoms with E-state index in [2.05, 4.69) is 10.6 Å². The average Bonchev–Trinajstić information content (AvgIpc) is 2.95. The van der Waals surface area contributed by atoms with Gasteiger partial charge in [0.15, 0.2) is 0 Å². The molecule has 0 aromatic heterocycles. The Morgan fingerprint density at radius 2 is 1.93 bits per heavy atom. The van der Waals surface area contributed by atoms with Crippen LogP contribution in [-0.4, -0.2) is 35.3 Å². The van der Waals surface area contributed by atoms with E-state index < -0.39 is 17.9 Å². The van der Waals surface area contributed by atoms with E-state index in [-0.39, 0.29) is 24.7 Å². The van der Waals surface area contributed by atoms with Crippen LogP contribution in [0.4, 0.5) is 14.9 Å². The molecule has 0 aliphatic carbocycles. The van der Waals surface area contributed by atoms with Crippen LogP contribution in [-0.2, 0) is 16.0 Å². The molecule has 2 aromatic rings. The lowest BCUT2D eigenvalue weighted by atomic mass is 10.1. The third kappa shape index (κ3) is 4.73. The molecule has 6 nitrogen and oxygen atoms in total. The SMILES string of the molecule is Cc1ccc(NC(=O)CCC2NC(=O)N(CCc3ccccc3)C2=O)cc1F. The fourth-order valence-electron chi connectivity index (χ4n) is 3.04. The fourth-order valence-corrected chi connectivity index (χ4v) is 3.04. The Morgan fingerprint density at radius 3 is 2.64 bits per heavy atom. The summed E-state index contributed by atoms with van der Waals surface area (Å²) in [6.45, 7) is 1.93. The second-order valence-corrected chi connectivity index (χ2v) is 6.78. The first kappa shape index (κ1) is 19.5. The van der Waals surface area contributed by atoms with Crippen LogP contribution in [0.3, 0.4) is 0 Å². The zero-order valence-electron chi connectivity index (χ0n) is 15.6. The predicted octanol–water partition coefficient (Wildman–Crippen LogP) is 3.02. The summed E-state index contributed by atoms with van der Waals surface area (Å²) in [5, 5.41) is 5.22. The van der Waals surface area contributed by atoms with Crippen molar-refractivity contribution >= 4 is 23.5 Å². The van der Waals surface area contributed by atoms with Crippen LogP contribution >= 0.6 is 0 Å². The van der Waals surface area contributed by atoms with Crippen molar-refractivity contribution in [2.24, 2.45) is 0 Å². The van der Waals surface area contributed by atoms with Crippen LogP contribution in [0.5, 0.6) is 0 Å². The minimum Gasteiger partial charge on any atom is -0.326 e. The number of imide groups is 1.